The third-order valence-electron chi connectivity index (χ3n) is 3.73. The van der Waals surface area contributed by atoms with Gasteiger partial charge in [-0.1, -0.05) is 32.1 Å². The first-order valence-corrected chi connectivity index (χ1v) is 7.32. The number of nitrogens with two attached hydrogens (primary N) is 1. The summed E-state index contributed by atoms with van der Waals surface area (Å²) in [4.78, 5) is 4.56. The second-order valence-electron chi connectivity index (χ2n) is 5.73. The molecule has 1 saturated carbocycles. The molecule has 0 radical (unpaired) electrons. The Hall–Kier alpha value is -1.00. The Morgan fingerprint density at radius 3 is 2.68 bits per heavy atom. The van der Waals surface area contributed by atoms with Crippen LogP contribution in [0.15, 0.2) is 18.3 Å². The molecule has 4 heteroatoms. The fourth-order valence-corrected chi connectivity index (χ4v) is 3.18. The van der Waals surface area contributed by atoms with Crippen LogP contribution in [0.2, 0.25) is 0 Å². The lowest BCUT2D eigenvalue weighted by Gasteiger charge is -2.31. The van der Waals surface area contributed by atoms with Crippen molar-refractivity contribution in [3.05, 3.63) is 29.6 Å². The summed E-state index contributed by atoms with van der Waals surface area (Å²) in [5.74, 6) is 1.50. The standard InChI is InChI=1S/C15H22N2OS/c1-10-6-11(2)8-13(7-10)18-9-12-4-3-5-17-14(12)15(16)19/h3-5,10-11,13H,6-9H2,1-2H3,(H2,16,19). The predicted octanol–water partition coefficient (Wildman–Crippen LogP) is 3.06. The Morgan fingerprint density at radius 1 is 1.37 bits per heavy atom. The topological polar surface area (TPSA) is 48.1 Å². The van der Waals surface area contributed by atoms with Crippen LogP contribution in [-0.4, -0.2) is 16.1 Å². The molecule has 1 aliphatic carbocycles. The van der Waals surface area contributed by atoms with E-state index in [1.165, 1.54) is 6.42 Å². The van der Waals surface area contributed by atoms with E-state index in [9.17, 15) is 0 Å². The van der Waals surface area contributed by atoms with Gasteiger partial charge < -0.3 is 10.5 Å². The molecule has 0 bridgehead atoms. The van der Waals surface area contributed by atoms with Crippen molar-refractivity contribution in [3.8, 4) is 0 Å². The van der Waals surface area contributed by atoms with Crippen LogP contribution < -0.4 is 5.73 Å². The number of thiocarbonyl (C=S) groups is 1. The van der Waals surface area contributed by atoms with Crippen molar-refractivity contribution < 1.29 is 4.74 Å². The van der Waals surface area contributed by atoms with E-state index in [0.717, 1.165) is 30.2 Å². The van der Waals surface area contributed by atoms with Crippen molar-refractivity contribution >= 4 is 17.2 Å². The summed E-state index contributed by atoms with van der Waals surface area (Å²) < 4.78 is 6.05. The minimum Gasteiger partial charge on any atom is -0.388 e. The lowest BCUT2D eigenvalue weighted by atomic mass is 9.82. The van der Waals surface area contributed by atoms with Crippen LogP contribution in [0.25, 0.3) is 0 Å². The lowest BCUT2D eigenvalue weighted by Crippen LogP contribution is -2.26. The maximum Gasteiger partial charge on any atom is 0.123 e. The molecule has 2 unspecified atom stereocenters. The molecular formula is C15H22N2OS. The van der Waals surface area contributed by atoms with Crippen molar-refractivity contribution in [1.29, 1.82) is 0 Å². The van der Waals surface area contributed by atoms with Crippen LogP contribution in [0.4, 0.5) is 0 Å². The summed E-state index contributed by atoms with van der Waals surface area (Å²) in [6.07, 6.45) is 5.66. The molecule has 2 atom stereocenters. The van der Waals surface area contributed by atoms with E-state index in [0.29, 0.717) is 23.4 Å². The monoisotopic (exact) mass is 278 g/mol. The van der Waals surface area contributed by atoms with E-state index < -0.39 is 0 Å². The van der Waals surface area contributed by atoms with Gasteiger partial charge in [0.25, 0.3) is 0 Å². The SMILES string of the molecule is CC1CC(C)CC(OCc2cccnc2C(N)=S)C1. The van der Waals surface area contributed by atoms with Crippen molar-refractivity contribution in [3.63, 3.8) is 0 Å². The number of pyridine rings is 1. The summed E-state index contributed by atoms with van der Waals surface area (Å²) in [5.41, 5.74) is 7.36. The molecule has 1 aromatic heterocycles. The Balaban J connectivity index is 1.97. The third-order valence-corrected chi connectivity index (χ3v) is 3.93. The number of hydrogen-bond acceptors (Lipinski definition) is 3. The molecule has 1 aromatic rings. The highest BCUT2D eigenvalue weighted by molar-refractivity contribution is 7.80. The highest BCUT2D eigenvalue weighted by Crippen LogP contribution is 2.30. The first-order valence-electron chi connectivity index (χ1n) is 6.91. The average Bonchev–Trinajstić information content (AvgIpc) is 2.35. The van der Waals surface area contributed by atoms with Gasteiger partial charge in [-0.15, -0.1) is 0 Å². The fourth-order valence-electron chi connectivity index (χ4n) is 2.99. The van der Waals surface area contributed by atoms with Crippen molar-refractivity contribution in [2.75, 3.05) is 0 Å². The lowest BCUT2D eigenvalue weighted by molar-refractivity contribution is -0.00929. The zero-order chi connectivity index (χ0) is 13.8. The minimum atomic E-state index is 0.338. The molecule has 2 rings (SSSR count). The Kier molecular flexibility index (Phi) is 4.88. The zero-order valence-corrected chi connectivity index (χ0v) is 12.5. The van der Waals surface area contributed by atoms with Gasteiger partial charge >= 0.3 is 0 Å². The second-order valence-corrected chi connectivity index (χ2v) is 6.17. The number of nitrogens with zero attached hydrogens (tertiary/aromatic N) is 1. The van der Waals surface area contributed by atoms with Gasteiger partial charge in [0.15, 0.2) is 0 Å². The van der Waals surface area contributed by atoms with E-state index in [4.69, 9.17) is 22.7 Å². The predicted molar refractivity (Wildman–Crippen MR) is 80.9 cm³/mol. The number of ether oxygens (including phenoxy) is 1. The minimum absolute atomic E-state index is 0.338. The summed E-state index contributed by atoms with van der Waals surface area (Å²) in [7, 11) is 0. The maximum atomic E-state index is 6.05. The second kappa shape index (κ2) is 6.44. The molecule has 0 amide bonds. The van der Waals surface area contributed by atoms with Gasteiger partial charge in [-0.3, -0.25) is 4.98 Å². The smallest absolute Gasteiger partial charge is 0.123 e. The van der Waals surface area contributed by atoms with Gasteiger partial charge in [-0.05, 0) is 37.2 Å². The van der Waals surface area contributed by atoms with Crippen LogP contribution in [0.1, 0.15) is 44.4 Å². The molecule has 0 aliphatic heterocycles. The van der Waals surface area contributed by atoms with Crippen LogP contribution in [-0.2, 0) is 11.3 Å². The molecule has 2 N–H and O–H groups in total. The van der Waals surface area contributed by atoms with Crippen LogP contribution >= 0.6 is 12.2 Å². The Morgan fingerprint density at radius 2 is 2.05 bits per heavy atom. The van der Waals surface area contributed by atoms with Gasteiger partial charge in [-0.25, -0.2) is 0 Å². The quantitative estimate of drug-likeness (QED) is 0.860. The van der Waals surface area contributed by atoms with E-state index in [1.54, 1.807) is 6.20 Å². The van der Waals surface area contributed by atoms with E-state index in [1.807, 2.05) is 12.1 Å². The zero-order valence-electron chi connectivity index (χ0n) is 11.6. The summed E-state index contributed by atoms with van der Waals surface area (Å²) in [6.45, 7) is 5.15. The molecule has 0 saturated heterocycles. The molecule has 1 fully saturated rings. The maximum absolute atomic E-state index is 6.05. The fraction of sp³-hybridized carbons (Fsp3) is 0.600. The molecule has 0 aromatic carbocycles. The summed E-state index contributed by atoms with van der Waals surface area (Å²) in [6, 6.07) is 3.88. The first kappa shape index (κ1) is 14.4. The van der Waals surface area contributed by atoms with E-state index in [-0.39, 0.29) is 0 Å². The summed E-state index contributed by atoms with van der Waals surface area (Å²) in [5, 5.41) is 0. The summed E-state index contributed by atoms with van der Waals surface area (Å²) >= 11 is 5.02. The van der Waals surface area contributed by atoms with Crippen molar-refractivity contribution in [2.45, 2.75) is 45.8 Å². The highest BCUT2D eigenvalue weighted by Gasteiger charge is 2.24. The highest BCUT2D eigenvalue weighted by atomic mass is 32.1. The van der Waals surface area contributed by atoms with Gasteiger partial charge in [0, 0.05) is 11.8 Å². The first-order chi connectivity index (χ1) is 9.06. The van der Waals surface area contributed by atoms with Gasteiger partial charge in [0.1, 0.15) is 10.7 Å². The average molecular weight is 278 g/mol. The van der Waals surface area contributed by atoms with E-state index in [2.05, 4.69) is 18.8 Å². The number of aromatic nitrogens is 1. The number of hydrogen-bond donors (Lipinski definition) is 1. The Bertz CT molecular complexity index is 440. The van der Waals surface area contributed by atoms with Crippen molar-refractivity contribution in [2.24, 2.45) is 17.6 Å². The molecule has 3 nitrogen and oxygen atoms in total. The van der Waals surface area contributed by atoms with Gasteiger partial charge in [0.05, 0.1) is 12.7 Å². The van der Waals surface area contributed by atoms with Crippen molar-refractivity contribution in [1.82, 2.24) is 4.98 Å². The van der Waals surface area contributed by atoms with Gasteiger partial charge in [0.2, 0.25) is 0 Å². The normalized spacial score (nSPS) is 27.2. The molecule has 1 heterocycles. The number of rotatable bonds is 4. The largest absolute Gasteiger partial charge is 0.388 e. The molecule has 0 spiro atoms. The molecule has 104 valence electrons. The van der Waals surface area contributed by atoms with E-state index >= 15 is 0 Å². The van der Waals surface area contributed by atoms with Crippen LogP contribution in [0.3, 0.4) is 0 Å². The Labute approximate surface area is 120 Å². The van der Waals surface area contributed by atoms with Gasteiger partial charge in [-0.2, -0.15) is 0 Å². The van der Waals surface area contributed by atoms with Crippen LogP contribution in [0, 0.1) is 11.8 Å². The molecule has 19 heavy (non-hydrogen) atoms. The molecule has 1 aliphatic rings. The molecular weight excluding hydrogens is 256 g/mol. The van der Waals surface area contributed by atoms with Crippen LogP contribution in [0.5, 0.6) is 0 Å². The third kappa shape index (κ3) is 3.98.